The second-order valence-electron chi connectivity index (χ2n) is 13.0. The summed E-state index contributed by atoms with van der Waals surface area (Å²) in [7, 11) is -1.34. The minimum absolute atomic E-state index is 0. The van der Waals surface area contributed by atoms with Gasteiger partial charge in [0, 0.05) is 19.5 Å². The summed E-state index contributed by atoms with van der Waals surface area (Å²) in [6.07, 6.45) is 0. The molecule has 0 aromatic heterocycles. The molecule has 0 aliphatic rings. The molecule has 0 saturated carbocycles. The van der Waals surface area contributed by atoms with E-state index >= 15 is 0 Å². The molecule has 9 rings (SSSR count). The van der Waals surface area contributed by atoms with Crippen LogP contribution in [0.15, 0.2) is 273 Å². The fourth-order valence-electron chi connectivity index (χ4n) is 6.54. The smallest absolute Gasteiger partial charge is 0.106 e. The topological polar surface area (TPSA) is 51.2 Å². The van der Waals surface area contributed by atoms with Crippen LogP contribution >= 0.6 is 23.8 Å². The van der Waals surface area contributed by atoms with Crippen LogP contribution in [-0.4, -0.2) is 20.4 Å². The zero-order valence-electron chi connectivity index (χ0n) is 35.5. The molecule has 3 nitrogen and oxygen atoms in total. The van der Waals surface area contributed by atoms with Crippen molar-refractivity contribution in [1.29, 1.82) is 0 Å². The molecule has 0 radical (unpaired) electrons. The second-order valence-corrected chi connectivity index (χ2v) is 19.7. The van der Waals surface area contributed by atoms with Gasteiger partial charge in [-0.2, -0.15) is 0 Å². The van der Waals surface area contributed by atoms with E-state index in [2.05, 4.69) is 273 Å². The van der Waals surface area contributed by atoms with E-state index in [1.165, 1.54) is 47.7 Å². The largest absolute Gasteiger partial charge is 0.307 e. The molecule has 0 amide bonds. The summed E-state index contributed by atoms with van der Waals surface area (Å²) in [6, 6.07) is 97.0. The predicted molar refractivity (Wildman–Crippen MR) is 277 cm³/mol. The van der Waals surface area contributed by atoms with Crippen molar-refractivity contribution < 1.29 is 33.9 Å². The first-order valence-corrected chi connectivity index (χ1v) is 24.1. The molecule has 0 bridgehead atoms. The molecule has 0 spiro atoms. The standard InChI is InChI=1S/3C18H15P.3CH2O.Ru/c3*1-4-10-16(11-5-1)19(17-12-6-2-7-13-17)18-14-8-3-9-15-18;3*1-2;/h3*1-15H;3*1H2;. The SMILES string of the molecule is C=O.C=O.C=O.[Ru].c1ccc(P(c2ccccc2)c2ccccc2)cc1.c1ccc(P(c2ccccc2)c2ccccc2)cc1.c1ccc(P(c2ccccc2)c2ccccc2)cc1. The van der Waals surface area contributed by atoms with E-state index < -0.39 is 23.8 Å². The maximum atomic E-state index is 8.00. The summed E-state index contributed by atoms with van der Waals surface area (Å²) >= 11 is 0. The molecule has 0 atom stereocenters. The van der Waals surface area contributed by atoms with Crippen LogP contribution in [0, 0.1) is 0 Å². The molecular formula is C57H51O3P3Ru. The van der Waals surface area contributed by atoms with Gasteiger partial charge in [-0.3, -0.25) is 0 Å². The molecule has 0 heterocycles. The molecule has 320 valence electrons. The number of rotatable bonds is 9. The molecule has 0 aliphatic heterocycles. The van der Waals surface area contributed by atoms with Gasteiger partial charge in [-0.05, 0) is 71.5 Å². The van der Waals surface area contributed by atoms with Crippen molar-refractivity contribution in [2.45, 2.75) is 0 Å². The molecule has 64 heavy (non-hydrogen) atoms. The van der Waals surface area contributed by atoms with E-state index in [9.17, 15) is 0 Å². The van der Waals surface area contributed by atoms with Crippen molar-refractivity contribution in [2.75, 3.05) is 0 Å². The summed E-state index contributed by atoms with van der Waals surface area (Å²) in [5.74, 6) is 0. The van der Waals surface area contributed by atoms with Crippen molar-refractivity contribution in [3.8, 4) is 0 Å². The van der Waals surface area contributed by atoms with Gasteiger partial charge < -0.3 is 14.4 Å². The Morgan fingerprint density at radius 3 is 0.328 bits per heavy atom. The number of carbonyl (C=O) groups excluding carboxylic acids is 3. The van der Waals surface area contributed by atoms with E-state index in [0.29, 0.717) is 0 Å². The van der Waals surface area contributed by atoms with Crippen molar-refractivity contribution in [3.05, 3.63) is 273 Å². The Kier molecular flexibility index (Phi) is 25.9. The Morgan fingerprint density at radius 2 is 0.250 bits per heavy atom. The monoisotopic (exact) mass is 978 g/mol. The second kappa shape index (κ2) is 31.7. The van der Waals surface area contributed by atoms with Crippen LogP contribution in [0.2, 0.25) is 0 Å². The molecule has 9 aromatic rings. The minimum atomic E-state index is -0.446. The fourth-order valence-corrected chi connectivity index (χ4v) is 13.5. The molecule has 0 N–H and O–H groups in total. The van der Waals surface area contributed by atoms with Gasteiger partial charge in [0.1, 0.15) is 20.4 Å². The maximum Gasteiger partial charge on any atom is 0.106 e. The Balaban J connectivity index is 0.000000239. The average molecular weight is 978 g/mol. The van der Waals surface area contributed by atoms with E-state index in [0.717, 1.165) is 0 Å². The summed E-state index contributed by atoms with van der Waals surface area (Å²) in [6.45, 7) is 6.00. The average Bonchev–Trinajstić information content (AvgIpc) is 3.39. The quantitative estimate of drug-likeness (QED) is 0.107. The van der Waals surface area contributed by atoms with E-state index in [-0.39, 0.29) is 19.5 Å². The molecule has 0 fully saturated rings. The van der Waals surface area contributed by atoms with Crippen LogP contribution in [0.25, 0.3) is 0 Å². The van der Waals surface area contributed by atoms with Gasteiger partial charge in [0.2, 0.25) is 0 Å². The number of carbonyl (C=O) groups is 3. The van der Waals surface area contributed by atoms with E-state index in [1.807, 2.05) is 20.4 Å². The number of benzene rings is 9. The fraction of sp³-hybridized carbons (Fsp3) is 0. The van der Waals surface area contributed by atoms with Crippen LogP contribution in [0.3, 0.4) is 0 Å². The normalized spacial score (nSPS) is 9.61. The zero-order chi connectivity index (χ0) is 44.7. The number of hydrogen-bond donors (Lipinski definition) is 0. The first kappa shape index (κ1) is 52.2. The van der Waals surface area contributed by atoms with Gasteiger partial charge >= 0.3 is 0 Å². The third-order valence-electron chi connectivity index (χ3n) is 9.13. The van der Waals surface area contributed by atoms with Crippen LogP contribution in [0.4, 0.5) is 0 Å². The Labute approximate surface area is 396 Å². The molecular weight excluding hydrogens is 927 g/mol. The Hall–Kier alpha value is -6.10. The van der Waals surface area contributed by atoms with Crippen molar-refractivity contribution in [2.24, 2.45) is 0 Å². The van der Waals surface area contributed by atoms with E-state index in [1.54, 1.807) is 0 Å². The number of hydrogen-bond acceptors (Lipinski definition) is 3. The molecule has 7 heteroatoms. The molecule has 0 unspecified atom stereocenters. The third-order valence-corrected chi connectivity index (χ3v) is 16.5. The summed E-state index contributed by atoms with van der Waals surface area (Å²) in [4.78, 5) is 24.0. The van der Waals surface area contributed by atoms with Crippen LogP contribution < -0.4 is 47.7 Å². The van der Waals surface area contributed by atoms with E-state index in [4.69, 9.17) is 14.4 Å². The summed E-state index contributed by atoms with van der Waals surface area (Å²) in [5.41, 5.74) is 0. The van der Waals surface area contributed by atoms with Crippen LogP contribution in [0.1, 0.15) is 0 Å². The minimum Gasteiger partial charge on any atom is -0.307 e. The molecule has 0 saturated heterocycles. The van der Waals surface area contributed by atoms with Gasteiger partial charge in [-0.1, -0.05) is 273 Å². The van der Waals surface area contributed by atoms with Crippen molar-refractivity contribution >= 4 is 91.9 Å². The Bertz CT molecular complexity index is 1930. The van der Waals surface area contributed by atoms with Crippen LogP contribution in [0.5, 0.6) is 0 Å². The third kappa shape index (κ3) is 16.2. The van der Waals surface area contributed by atoms with Crippen LogP contribution in [-0.2, 0) is 33.9 Å². The molecule has 0 aliphatic carbocycles. The first-order chi connectivity index (χ1) is 31.3. The van der Waals surface area contributed by atoms with Crippen molar-refractivity contribution in [3.63, 3.8) is 0 Å². The van der Waals surface area contributed by atoms with Gasteiger partial charge in [-0.25, -0.2) is 0 Å². The van der Waals surface area contributed by atoms with Crippen molar-refractivity contribution in [1.82, 2.24) is 0 Å². The molecule has 9 aromatic carbocycles. The maximum absolute atomic E-state index is 8.00. The van der Waals surface area contributed by atoms with Gasteiger partial charge in [0.25, 0.3) is 0 Å². The summed E-state index contributed by atoms with van der Waals surface area (Å²) < 4.78 is 0. The Morgan fingerprint density at radius 1 is 0.172 bits per heavy atom. The predicted octanol–water partition coefficient (Wildman–Crippen LogP) is 9.78. The van der Waals surface area contributed by atoms with Gasteiger partial charge in [0.15, 0.2) is 0 Å². The summed E-state index contributed by atoms with van der Waals surface area (Å²) in [5, 5.41) is 12.6. The first-order valence-electron chi connectivity index (χ1n) is 20.1. The van der Waals surface area contributed by atoms with Gasteiger partial charge in [-0.15, -0.1) is 0 Å². The van der Waals surface area contributed by atoms with Gasteiger partial charge in [0.05, 0.1) is 0 Å². The zero-order valence-corrected chi connectivity index (χ0v) is 39.9.